The number of rotatable bonds is 1. The molecule has 1 fully saturated rings. The summed E-state index contributed by atoms with van der Waals surface area (Å²) < 4.78 is 0. The summed E-state index contributed by atoms with van der Waals surface area (Å²) in [6.45, 7) is 1.80. The van der Waals surface area contributed by atoms with E-state index >= 15 is 0 Å². The highest BCUT2D eigenvalue weighted by atomic mass is 35.5. The number of aromatic amines is 1. The second-order valence-corrected chi connectivity index (χ2v) is 4.81. The summed E-state index contributed by atoms with van der Waals surface area (Å²) in [5.41, 5.74) is 6.77. The molecular weight excluding hydrogens is 238 g/mol. The molecule has 0 amide bonds. The summed E-state index contributed by atoms with van der Waals surface area (Å²) in [4.78, 5) is 13.8. The molecule has 2 aromatic heterocycles. The Morgan fingerprint density at radius 3 is 3.18 bits per heavy atom. The van der Waals surface area contributed by atoms with Crippen LogP contribution in [0.4, 0.5) is 5.82 Å². The number of nitrogens with one attached hydrogen (secondary N) is 1. The second kappa shape index (κ2) is 4.16. The molecule has 6 heteroatoms. The fourth-order valence-electron chi connectivity index (χ4n) is 2.35. The molecule has 1 unspecified atom stereocenters. The topological polar surface area (TPSA) is 70.8 Å². The summed E-state index contributed by atoms with van der Waals surface area (Å²) in [5, 5.41) is 1.55. The maximum atomic E-state index is 6.16. The third kappa shape index (κ3) is 1.85. The van der Waals surface area contributed by atoms with Gasteiger partial charge in [0, 0.05) is 25.3 Å². The summed E-state index contributed by atoms with van der Waals surface area (Å²) in [5.74, 6) is 0.886. The number of anilines is 1. The maximum absolute atomic E-state index is 6.16. The van der Waals surface area contributed by atoms with E-state index in [0.29, 0.717) is 5.02 Å². The van der Waals surface area contributed by atoms with Gasteiger partial charge in [-0.25, -0.2) is 9.97 Å². The fourth-order valence-corrected chi connectivity index (χ4v) is 2.58. The van der Waals surface area contributed by atoms with Crippen LogP contribution < -0.4 is 10.6 Å². The molecule has 0 spiro atoms. The van der Waals surface area contributed by atoms with Gasteiger partial charge in [-0.1, -0.05) is 11.6 Å². The lowest BCUT2D eigenvalue weighted by Gasteiger charge is -2.31. The Kier molecular flexibility index (Phi) is 2.64. The summed E-state index contributed by atoms with van der Waals surface area (Å²) in [6, 6.07) is 0.214. The van der Waals surface area contributed by atoms with Gasteiger partial charge in [-0.2, -0.15) is 0 Å². The number of hydrogen-bond donors (Lipinski definition) is 2. The molecule has 0 bridgehead atoms. The van der Waals surface area contributed by atoms with Gasteiger partial charge >= 0.3 is 0 Å². The zero-order valence-corrected chi connectivity index (χ0v) is 10.1. The van der Waals surface area contributed by atoms with Crippen molar-refractivity contribution < 1.29 is 0 Å². The van der Waals surface area contributed by atoms with E-state index in [1.54, 1.807) is 12.5 Å². The van der Waals surface area contributed by atoms with Crippen LogP contribution in [0.2, 0.25) is 5.02 Å². The van der Waals surface area contributed by atoms with Gasteiger partial charge < -0.3 is 15.6 Å². The number of nitrogens with two attached hydrogens (primary N) is 1. The Morgan fingerprint density at radius 1 is 1.47 bits per heavy atom. The van der Waals surface area contributed by atoms with Crippen molar-refractivity contribution in [1.29, 1.82) is 0 Å². The van der Waals surface area contributed by atoms with Crippen LogP contribution in [0.15, 0.2) is 12.5 Å². The Labute approximate surface area is 104 Å². The normalized spacial score (nSPS) is 21.1. The van der Waals surface area contributed by atoms with E-state index in [1.807, 2.05) is 0 Å². The zero-order valence-electron chi connectivity index (χ0n) is 9.36. The maximum Gasteiger partial charge on any atom is 0.144 e. The second-order valence-electron chi connectivity index (χ2n) is 4.41. The van der Waals surface area contributed by atoms with Crippen molar-refractivity contribution in [3.8, 4) is 0 Å². The molecule has 3 heterocycles. The van der Waals surface area contributed by atoms with Crippen LogP contribution >= 0.6 is 11.6 Å². The quantitative estimate of drug-likeness (QED) is 0.807. The molecule has 0 saturated carbocycles. The third-order valence-corrected chi connectivity index (χ3v) is 3.46. The van der Waals surface area contributed by atoms with Crippen LogP contribution in [-0.2, 0) is 0 Å². The molecule has 5 nitrogen and oxygen atoms in total. The molecule has 3 rings (SSSR count). The van der Waals surface area contributed by atoms with E-state index in [4.69, 9.17) is 17.3 Å². The average Bonchev–Trinajstić information content (AvgIpc) is 2.71. The number of H-pyrrole nitrogens is 1. The molecule has 1 saturated heterocycles. The smallest absolute Gasteiger partial charge is 0.144 e. The van der Waals surface area contributed by atoms with Crippen LogP contribution in [0.1, 0.15) is 12.8 Å². The van der Waals surface area contributed by atoms with E-state index in [0.717, 1.165) is 42.8 Å². The van der Waals surface area contributed by atoms with Gasteiger partial charge in [0.25, 0.3) is 0 Å². The Morgan fingerprint density at radius 2 is 2.35 bits per heavy atom. The van der Waals surface area contributed by atoms with E-state index in [-0.39, 0.29) is 6.04 Å². The summed E-state index contributed by atoms with van der Waals surface area (Å²) in [6.07, 6.45) is 5.47. The van der Waals surface area contributed by atoms with Crippen molar-refractivity contribution in [3.63, 3.8) is 0 Å². The van der Waals surface area contributed by atoms with E-state index in [2.05, 4.69) is 19.9 Å². The Balaban J connectivity index is 2.07. The van der Waals surface area contributed by atoms with Crippen molar-refractivity contribution >= 4 is 28.5 Å². The average molecular weight is 252 g/mol. The third-order valence-electron chi connectivity index (χ3n) is 3.16. The first kappa shape index (κ1) is 10.8. The van der Waals surface area contributed by atoms with Crippen molar-refractivity contribution in [3.05, 3.63) is 17.5 Å². The van der Waals surface area contributed by atoms with Crippen LogP contribution in [0.5, 0.6) is 0 Å². The highest BCUT2D eigenvalue weighted by molar-refractivity contribution is 6.36. The molecule has 0 radical (unpaired) electrons. The molecular formula is C11H14ClN5. The molecule has 0 aromatic carbocycles. The molecule has 3 N–H and O–H groups in total. The van der Waals surface area contributed by atoms with Crippen LogP contribution in [-0.4, -0.2) is 34.1 Å². The molecule has 1 atom stereocenters. The monoisotopic (exact) mass is 251 g/mol. The van der Waals surface area contributed by atoms with Crippen LogP contribution in [0.3, 0.4) is 0 Å². The standard InChI is InChI=1S/C11H14ClN5/c12-8-4-14-10-9(8)11(16-6-15-10)17-3-1-2-7(13)5-17/h4,6-7H,1-3,5,13H2,(H,14,15,16). The molecule has 0 aliphatic carbocycles. The lowest BCUT2D eigenvalue weighted by atomic mass is 10.1. The van der Waals surface area contributed by atoms with Gasteiger partial charge in [-0.15, -0.1) is 0 Å². The number of piperidine rings is 1. The van der Waals surface area contributed by atoms with Crippen LogP contribution in [0.25, 0.3) is 11.0 Å². The minimum atomic E-state index is 0.214. The number of aromatic nitrogens is 3. The van der Waals surface area contributed by atoms with Crippen molar-refractivity contribution in [2.75, 3.05) is 18.0 Å². The molecule has 1 aliphatic rings. The van der Waals surface area contributed by atoms with Crippen LogP contribution in [0, 0.1) is 0 Å². The molecule has 2 aromatic rings. The first-order valence-electron chi connectivity index (χ1n) is 5.74. The minimum Gasteiger partial charge on any atom is -0.354 e. The number of nitrogens with zero attached hydrogens (tertiary/aromatic N) is 3. The largest absolute Gasteiger partial charge is 0.354 e. The minimum absolute atomic E-state index is 0.214. The molecule has 90 valence electrons. The van der Waals surface area contributed by atoms with E-state index in [9.17, 15) is 0 Å². The van der Waals surface area contributed by atoms with Crippen molar-refractivity contribution in [2.45, 2.75) is 18.9 Å². The fraction of sp³-hybridized carbons (Fsp3) is 0.455. The number of fused-ring (bicyclic) bond motifs is 1. The molecule has 1 aliphatic heterocycles. The van der Waals surface area contributed by atoms with Gasteiger partial charge in [-0.05, 0) is 12.8 Å². The van der Waals surface area contributed by atoms with E-state index < -0.39 is 0 Å². The SMILES string of the molecule is NC1CCCN(c2ncnc3[nH]cc(Cl)c23)C1. The van der Waals surface area contributed by atoms with E-state index in [1.165, 1.54) is 0 Å². The summed E-state index contributed by atoms with van der Waals surface area (Å²) in [7, 11) is 0. The summed E-state index contributed by atoms with van der Waals surface area (Å²) >= 11 is 6.16. The Hall–Kier alpha value is -1.33. The highest BCUT2D eigenvalue weighted by Crippen LogP contribution is 2.30. The predicted octanol–water partition coefficient (Wildman–Crippen LogP) is 1.54. The zero-order chi connectivity index (χ0) is 11.8. The first-order chi connectivity index (χ1) is 8.25. The van der Waals surface area contributed by atoms with Gasteiger partial charge in [0.1, 0.15) is 17.8 Å². The predicted molar refractivity (Wildman–Crippen MR) is 68.3 cm³/mol. The van der Waals surface area contributed by atoms with Crippen molar-refractivity contribution in [1.82, 2.24) is 15.0 Å². The van der Waals surface area contributed by atoms with Crippen molar-refractivity contribution in [2.24, 2.45) is 5.73 Å². The number of hydrogen-bond acceptors (Lipinski definition) is 4. The van der Waals surface area contributed by atoms with Gasteiger partial charge in [0.15, 0.2) is 0 Å². The van der Waals surface area contributed by atoms with Gasteiger partial charge in [-0.3, -0.25) is 0 Å². The Bertz CT molecular complexity index is 538. The van der Waals surface area contributed by atoms with Gasteiger partial charge in [0.05, 0.1) is 10.4 Å². The first-order valence-corrected chi connectivity index (χ1v) is 6.11. The number of halogens is 1. The molecule has 17 heavy (non-hydrogen) atoms. The lowest BCUT2D eigenvalue weighted by Crippen LogP contribution is -2.43. The van der Waals surface area contributed by atoms with Gasteiger partial charge in [0.2, 0.25) is 0 Å². The highest BCUT2D eigenvalue weighted by Gasteiger charge is 2.21. The lowest BCUT2D eigenvalue weighted by molar-refractivity contribution is 0.504.